The van der Waals surface area contributed by atoms with Gasteiger partial charge in [0.25, 0.3) is 0 Å². The van der Waals surface area contributed by atoms with Crippen LogP contribution in [0.4, 0.5) is 0 Å². The number of thiol groups is 1. The Hall–Kier alpha value is 2.06. The third-order valence-electron chi connectivity index (χ3n) is 0.568. The van der Waals surface area contributed by atoms with Gasteiger partial charge < -0.3 is 0 Å². The zero-order valence-electron chi connectivity index (χ0n) is 5.94. The second kappa shape index (κ2) is 6.56. The number of hydrogen-bond donors (Lipinski definition) is 1. The first-order chi connectivity index (χ1) is 4.68. The summed E-state index contributed by atoms with van der Waals surface area (Å²) in [6.07, 6.45) is 4.15. The number of quaternary nitrogens is 1. The molecule has 0 atom stereocenters. The van der Waals surface area contributed by atoms with Gasteiger partial charge in [0.15, 0.2) is 32.9 Å². The third-order valence-corrected chi connectivity index (χ3v) is 8.50. The van der Waals surface area contributed by atoms with Crippen molar-refractivity contribution >= 4 is 66.2 Å². The molecule has 10 heavy (non-hydrogen) atoms. The van der Waals surface area contributed by atoms with E-state index in [-0.39, 0.29) is 0 Å². The lowest BCUT2D eigenvalue weighted by Crippen LogP contribution is -2.13. The van der Waals surface area contributed by atoms with Gasteiger partial charge in [-0.3, -0.25) is 0 Å². The fourth-order valence-electron chi connectivity index (χ4n) is 0.310. The summed E-state index contributed by atoms with van der Waals surface area (Å²) in [7, 11) is 10.8. The fourth-order valence-corrected chi connectivity index (χ4v) is 7.84. The summed E-state index contributed by atoms with van der Waals surface area (Å²) in [5, 5.41) is 0. The molecule has 7 heteroatoms. The van der Waals surface area contributed by atoms with Crippen molar-refractivity contribution in [1.82, 2.24) is 0 Å². The maximum atomic E-state index is 4.19. The van der Waals surface area contributed by atoms with Crippen molar-refractivity contribution < 1.29 is 2.70 Å². The molecule has 0 N–H and O–H groups in total. The Morgan fingerprint density at radius 3 is 1.70 bits per heavy atom. The van der Waals surface area contributed by atoms with Crippen molar-refractivity contribution in [3.05, 3.63) is 0 Å². The molecule has 0 saturated heterocycles. The van der Waals surface area contributed by atoms with Crippen molar-refractivity contribution in [3.63, 3.8) is 0 Å². The van der Waals surface area contributed by atoms with Gasteiger partial charge in [-0.25, -0.2) is 0 Å². The Labute approximate surface area is 87.8 Å². The molecule has 0 aromatic heterocycles. The molecule has 0 spiro atoms. The second-order valence-electron chi connectivity index (χ2n) is 1.34. The minimum atomic E-state index is 0.797. The zero-order chi connectivity index (χ0) is 8.04. The molecular weight excluding hydrogens is 242 g/mol. The predicted molar refractivity (Wildman–Crippen MR) is 65.0 cm³/mol. The van der Waals surface area contributed by atoms with E-state index in [4.69, 9.17) is 0 Å². The highest BCUT2D eigenvalue weighted by Crippen LogP contribution is 2.50. The molecule has 0 aliphatic heterocycles. The predicted octanol–water partition coefficient (Wildman–Crippen LogP) is 3.78. The number of hydrogen-bond acceptors (Lipinski definition) is 6. The van der Waals surface area contributed by atoms with Gasteiger partial charge in [0.2, 0.25) is 0 Å². The van der Waals surface area contributed by atoms with Crippen LogP contribution in [-0.4, -0.2) is 22.3 Å². The Kier molecular flexibility index (Phi) is 7.91. The molecule has 0 aromatic carbocycles. The second-order valence-corrected chi connectivity index (χ2v) is 8.73. The van der Waals surface area contributed by atoms with Crippen LogP contribution in [0.1, 0.15) is 0 Å². The van der Waals surface area contributed by atoms with Crippen molar-refractivity contribution in [1.29, 1.82) is 0 Å². The Morgan fingerprint density at radius 2 is 1.50 bits per heavy atom. The molecular formula is C3H10NS6+. The van der Waals surface area contributed by atoms with Gasteiger partial charge in [0.1, 0.15) is 7.05 Å². The molecule has 0 unspecified atom stereocenters. The van der Waals surface area contributed by atoms with E-state index in [1.165, 1.54) is 11.0 Å². The van der Waals surface area contributed by atoms with Crippen LogP contribution in [0.3, 0.4) is 0 Å². The first kappa shape index (κ1) is 12.1. The summed E-state index contributed by atoms with van der Waals surface area (Å²) in [5.41, 5.74) is 0. The third kappa shape index (κ3) is 4.84. The summed E-state index contributed by atoms with van der Waals surface area (Å²) in [6, 6.07) is 0. The Balaban J connectivity index is 3.69. The largest absolute Gasteiger partial charge is 0.173 e. The van der Waals surface area contributed by atoms with Crippen LogP contribution in [-0.2, 0) is 0 Å². The van der Waals surface area contributed by atoms with Crippen LogP contribution in [0.25, 0.3) is 0 Å². The number of nitrogens with zero attached hydrogens (tertiary/aromatic N) is 1. The molecule has 0 rings (SSSR count). The van der Waals surface area contributed by atoms with E-state index < -0.39 is 0 Å². The van der Waals surface area contributed by atoms with Crippen molar-refractivity contribution in [2.24, 2.45) is 0 Å². The molecule has 0 aliphatic carbocycles. The van der Waals surface area contributed by atoms with Crippen LogP contribution in [0.2, 0.25) is 0 Å². The normalized spacial score (nSPS) is 12.0. The van der Waals surface area contributed by atoms with Gasteiger partial charge in [0, 0.05) is 0 Å². The smallest absolute Gasteiger partial charge is 0.115 e. The molecule has 0 fully saturated rings. The maximum Gasteiger partial charge on any atom is 0.173 e. The first-order valence-corrected chi connectivity index (χ1v) is 9.18. The van der Waals surface area contributed by atoms with E-state index in [0.717, 1.165) is 2.70 Å². The van der Waals surface area contributed by atoms with Gasteiger partial charge in [-0.1, -0.05) is 0 Å². The maximum absolute atomic E-state index is 4.19. The van der Waals surface area contributed by atoms with E-state index >= 15 is 0 Å². The van der Waals surface area contributed by atoms with Crippen LogP contribution in [0, 0.1) is 0 Å². The standard InChI is InChI=1S/C3H9NS6/c1-4(8-5,9-6-2)10-7-3/h1-3H3/p+1. The minimum Gasteiger partial charge on any atom is -0.115 e. The fraction of sp³-hybridized carbons (Fsp3) is 1.00. The molecule has 0 aromatic rings. The zero-order valence-corrected chi connectivity index (χ0v) is 10.9. The van der Waals surface area contributed by atoms with Gasteiger partial charge in [-0.05, 0) is 45.8 Å². The minimum absolute atomic E-state index is 0.797. The summed E-state index contributed by atoms with van der Waals surface area (Å²) < 4.78 is 0.797. The molecule has 0 radical (unpaired) electrons. The summed E-state index contributed by atoms with van der Waals surface area (Å²) in [6.45, 7) is 0. The topological polar surface area (TPSA) is 0 Å². The monoisotopic (exact) mass is 252 g/mol. The van der Waals surface area contributed by atoms with Crippen LogP contribution >= 0.6 is 66.2 Å². The van der Waals surface area contributed by atoms with E-state index in [2.05, 4.69) is 31.2 Å². The van der Waals surface area contributed by atoms with Crippen LogP contribution in [0.15, 0.2) is 0 Å². The Bertz CT molecular complexity index is 81.1. The molecule has 0 aliphatic rings. The van der Waals surface area contributed by atoms with Crippen LogP contribution < -0.4 is 0 Å². The van der Waals surface area contributed by atoms with E-state index in [9.17, 15) is 0 Å². The summed E-state index contributed by atoms with van der Waals surface area (Å²) >= 11 is 4.19. The number of rotatable bonds is 5. The summed E-state index contributed by atoms with van der Waals surface area (Å²) in [4.78, 5) is 0. The quantitative estimate of drug-likeness (QED) is 0.341. The lowest BCUT2D eigenvalue weighted by molar-refractivity contribution is -0.433. The van der Waals surface area contributed by atoms with Gasteiger partial charge >= 0.3 is 0 Å². The van der Waals surface area contributed by atoms with Crippen molar-refractivity contribution in [2.75, 3.05) is 19.6 Å². The van der Waals surface area contributed by atoms with E-state index in [0.29, 0.717) is 0 Å². The highest BCUT2D eigenvalue weighted by Gasteiger charge is 2.26. The molecule has 0 saturated carbocycles. The van der Waals surface area contributed by atoms with Crippen molar-refractivity contribution in [2.45, 2.75) is 0 Å². The Morgan fingerprint density at radius 1 is 1.10 bits per heavy atom. The van der Waals surface area contributed by atoms with Crippen molar-refractivity contribution in [3.8, 4) is 0 Å². The van der Waals surface area contributed by atoms with Crippen LogP contribution in [0.5, 0.6) is 0 Å². The summed E-state index contributed by atoms with van der Waals surface area (Å²) in [5.74, 6) is 0. The molecule has 62 valence electrons. The average Bonchev–Trinajstić information content (AvgIpc) is 1.89. The highest BCUT2D eigenvalue weighted by atomic mass is 33.2. The average molecular weight is 253 g/mol. The first-order valence-electron chi connectivity index (χ1n) is 2.33. The van der Waals surface area contributed by atoms with Gasteiger partial charge in [0.05, 0.1) is 0 Å². The van der Waals surface area contributed by atoms with E-state index in [1.807, 2.05) is 0 Å². The molecule has 1 nitrogen and oxygen atoms in total. The molecule has 0 amide bonds. The lowest BCUT2D eigenvalue weighted by atomic mass is 11.6. The van der Waals surface area contributed by atoms with Gasteiger partial charge in [-0.15, -0.1) is 2.70 Å². The SMILES string of the molecule is CSS[N+](C)(SS)SSC. The van der Waals surface area contributed by atoms with E-state index in [1.54, 1.807) is 43.5 Å². The lowest BCUT2D eigenvalue weighted by Gasteiger charge is -2.19. The molecule has 0 heterocycles. The van der Waals surface area contributed by atoms with Gasteiger partial charge in [-0.2, -0.15) is 0 Å². The molecule has 0 bridgehead atoms. The highest BCUT2D eigenvalue weighted by molar-refractivity contribution is 8.84.